The van der Waals surface area contributed by atoms with Crippen LogP contribution < -0.4 is 9.64 Å². The summed E-state index contributed by atoms with van der Waals surface area (Å²) in [5.74, 6) is -0.466. The maximum Gasteiger partial charge on any atom is 0.149 e. The number of anilines is 1. The highest BCUT2D eigenvalue weighted by Gasteiger charge is 2.24. The third-order valence-corrected chi connectivity index (χ3v) is 5.19. The summed E-state index contributed by atoms with van der Waals surface area (Å²) < 4.78 is 47.8. The fourth-order valence-corrected chi connectivity index (χ4v) is 3.68. The van der Waals surface area contributed by atoms with Gasteiger partial charge in [-0.3, -0.25) is 0 Å². The molecule has 152 valence electrons. The molecule has 1 saturated heterocycles. The molecule has 0 unspecified atom stereocenters. The minimum Gasteiger partial charge on any atom is -0.493 e. The van der Waals surface area contributed by atoms with E-state index in [1.54, 1.807) is 17.9 Å². The van der Waals surface area contributed by atoms with E-state index < -0.39 is 11.6 Å². The Balaban J connectivity index is 1.57. The smallest absolute Gasteiger partial charge is 0.149 e. The lowest BCUT2D eigenvalue weighted by Gasteiger charge is -2.34. The molecule has 0 bridgehead atoms. The first-order chi connectivity index (χ1) is 13.5. The van der Waals surface area contributed by atoms with Crippen LogP contribution in [0.4, 0.5) is 18.9 Å². The van der Waals surface area contributed by atoms with Gasteiger partial charge in [0.2, 0.25) is 0 Å². The van der Waals surface area contributed by atoms with E-state index in [-0.39, 0.29) is 24.0 Å². The maximum absolute atomic E-state index is 14.2. The molecule has 1 aliphatic heterocycles. The highest BCUT2D eigenvalue weighted by Crippen LogP contribution is 2.30. The van der Waals surface area contributed by atoms with Crippen molar-refractivity contribution in [1.29, 1.82) is 0 Å². The van der Waals surface area contributed by atoms with Crippen LogP contribution in [0, 0.1) is 30.3 Å². The number of benzene rings is 2. The van der Waals surface area contributed by atoms with Crippen LogP contribution in [0.15, 0.2) is 30.3 Å². The van der Waals surface area contributed by atoms with Crippen molar-refractivity contribution < 1.29 is 23.0 Å². The molecular weight excluding hydrogens is 367 g/mol. The van der Waals surface area contributed by atoms with Gasteiger partial charge in [0.1, 0.15) is 28.9 Å². The van der Waals surface area contributed by atoms with Crippen LogP contribution in [0.25, 0.3) is 0 Å². The number of ether oxygens (including phenoxy) is 1. The molecular formula is C22H26F3NO2. The van der Waals surface area contributed by atoms with Gasteiger partial charge in [0, 0.05) is 19.7 Å². The van der Waals surface area contributed by atoms with Gasteiger partial charge in [0.25, 0.3) is 0 Å². The van der Waals surface area contributed by atoms with Gasteiger partial charge in [-0.15, -0.1) is 0 Å². The minimum atomic E-state index is -0.521. The van der Waals surface area contributed by atoms with Crippen molar-refractivity contribution in [2.75, 3.05) is 31.2 Å². The minimum absolute atomic E-state index is 0.0422. The first kappa shape index (κ1) is 20.5. The van der Waals surface area contributed by atoms with Crippen molar-refractivity contribution in [3.05, 3.63) is 58.9 Å². The topological polar surface area (TPSA) is 32.7 Å². The monoisotopic (exact) mass is 393 g/mol. The molecule has 2 aromatic carbocycles. The second-order valence-corrected chi connectivity index (χ2v) is 7.40. The summed E-state index contributed by atoms with van der Waals surface area (Å²) in [6.45, 7) is 3.31. The van der Waals surface area contributed by atoms with Crippen LogP contribution in [0.1, 0.15) is 30.4 Å². The van der Waals surface area contributed by atoms with E-state index in [1.165, 1.54) is 24.3 Å². The van der Waals surface area contributed by atoms with Crippen LogP contribution >= 0.6 is 0 Å². The van der Waals surface area contributed by atoms with Gasteiger partial charge in [0.15, 0.2) is 0 Å². The molecule has 0 radical (unpaired) electrons. The highest BCUT2D eigenvalue weighted by atomic mass is 19.1. The first-order valence-electron chi connectivity index (χ1n) is 9.70. The molecule has 28 heavy (non-hydrogen) atoms. The summed E-state index contributed by atoms with van der Waals surface area (Å²) in [7, 11) is 0. The standard InChI is InChI=1S/C22H26F3NO2/c1-15-11-19(24)22(20(25)12-15)26-8-6-16(7-9-26)14-28-21-5-4-18(23)13-17(21)3-2-10-27/h4-5,11-13,16,27H,2-3,6-10,14H2,1H3. The molecule has 0 saturated carbocycles. The van der Waals surface area contributed by atoms with E-state index in [0.29, 0.717) is 43.9 Å². The van der Waals surface area contributed by atoms with Crippen LogP contribution in [0.2, 0.25) is 0 Å². The molecule has 1 N–H and O–H groups in total. The lowest BCUT2D eigenvalue weighted by Crippen LogP contribution is -2.36. The summed E-state index contributed by atoms with van der Waals surface area (Å²) in [6, 6.07) is 7.14. The molecule has 2 aromatic rings. The number of hydrogen-bond donors (Lipinski definition) is 1. The zero-order chi connectivity index (χ0) is 20.1. The third-order valence-electron chi connectivity index (χ3n) is 5.19. The molecule has 0 spiro atoms. The Morgan fingerprint density at radius 1 is 1.07 bits per heavy atom. The maximum atomic E-state index is 14.2. The fourth-order valence-electron chi connectivity index (χ4n) is 3.68. The van der Waals surface area contributed by atoms with Crippen molar-refractivity contribution in [2.45, 2.75) is 32.6 Å². The van der Waals surface area contributed by atoms with Gasteiger partial charge >= 0.3 is 0 Å². The van der Waals surface area contributed by atoms with Gasteiger partial charge in [-0.2, -0.15) is 0 Å². The van der Waals surface area contributed by atoms with Crippen molar-refractivity contribution in [3.8, 4) is 5.75 Å². The number of rotatable bonds is 7. The molecule has 3 rings (SSSR count). The number of piperidine rings is 1. The van der Waals surface area contributed by atoms with Crippen LogP contribution in [0.5, 0.6) is 5.75 Å². The zero-order valence-corrected chi connectivity index (χ0v) is 16.1. The summed E-state index contributed by atoms with van der Waals surface area (Å²) in [4.78, 5) is 1.76. The molecule has 0 atom stereocenters. The molecule has 1 heterocycles. The number of aryl methyl sites for hydroxylation is 2. The van der Waals surface area contributed by atoms with Crippen LogP contribution in [0.3, 0.4) is 0 Å². The van der Waals surface area contributed by atoms with Crippen LogP contribution in [-0.4, -0.2) is 31.4 Å². The molecule has 3 nitrogen and oxygen atoms in total. The Bertz CT molecular complexity index is 781. The van der Waals surface area contributed by atoms with Gasteiger partial charge < -0.3 is 14.7 Å². The molecule has 1 fully saturated rings. The quantitative estimate of drug-likeness (QED) is 0.744. The summed E-state index contributed by atoms with van der Waals surface area (Å²) in [5, 5.41) is 9.00. The molecule has 0 amide bonds. The van der Waals surface area contributed by atoms with Crippen molar-refractivity contribution in [1.82, 2.24) is 0 Å². The zero-order valence-electron chi connectivity index (χ0n) is 16.1. The molecule has 0 aliphatic carbocycles. The lowest BCUT2D eigenvalue weighted by atomic mass is 9.97. The largest absolute Gasteiger partial charge is 0.493 e. The van der Waals surface area contributed by atoms with E-state index in [1.807, 2.05) is 0 Å². The average Bonchev–Trinajstić information content (AvgIpc) is 2.66. The van der Waals surface area contributed by atoms with E-state index >= 15 is 0 Å². The Morgan fingerprint density at radius 2 is 1.75 bits per heavy atom. The fraction of sp³-hybridized carbons (Fsp3) is 0.455. The number of hydrogen-bond acceptors (Lipinski definition) is 3. The van der Waals surface area contributed by atoms with E-state index in [4.69, 9.17) is 9.84 Å². The highest BCUT2D eigenvalue weighted by molar-refractivity contribution is 5.51. The number of halogens is 3. The van der Waals surface area contributed by atoms with Gasteiger partial charge in [-0.1, -0.05) is 0 Å². The molecule has 6 heteroatoms. The molecule has 1 aliphatic rings. The molecule has 0 aromatic heterocycles. The van der Waals surface area contributed by atoms with Gasteiger partial charge in [-0.05, 0) is 80.0 Å². The normalized spacial score (nSPS) is 15.1. The van der Waals surface area contributed by atoms with E-state index in [9.17, 15) is 13.2 Å². The number of aliphatic hydroxyl groups is 1. The third kappa shape index (κ3) is 4.98. The van der Waals surface area contributed by atoms with Gasteiger partial charge in [0.05, 0.1) is 6.61 Å². The Morgan fingerprint density at radius 3 is 2.39 bits per heavy atom. The average molecular weight is 393 g/mol. The SMILES string of the molecule is Cc1cc(F)c(N2CCC(COc3ccc(F)cc3CCCO)CC2)c(F)c1. The summed E-state index contributed by atoms with van der Waals surface area (Å²) in [5.41, 5.74) is 1.36. The van der Waals surface area contributed by atoms with Gasteiger partial charge in [-0.25, -0.2) is 13.2 Å². The summed E-state index contributed by atoms with van der Waals surface area (Å²) in [6.07, 6.45) is 2.62. The Hall–Kier alpha value is -2.21. The Labute approximate surface area is 163 Å². The Kier molecular flexibility index (Phi) is 6.83. The predicted octanol–water partition coefficient (Wildman–Crippen LogP) is 4.63. The number of nitrogens with zero attached hydrogens (tertiary/aromatic N) is 1. The van der Waals surface area contributed by atoms with E-state index in [0.717, 1.165) is 18.4 Å². The number of aliphatic hydroxyl groups excluding tert-OH is 1. The van der Waals surface area contributed by atoms with Crippen LogP contribution in [-0.2, 0) is 6.42 Å². The summed E-state index contributed by atoms with van der Waals surface area (Å²) >= 11 is 0. The van der Waals surface area contributed by atoms with Crippen molar-refractivity contribution in [3.63, 3.8) is 0 Å². The second-order valence-electron chi connectivity index (χ2n) is 7.40. The lowest BCUT2D eigenvalue weighted by molar-refractivity contribution is 0.220. The van der Waals surface area contributed by atoms with Crippen molar-refractivity contribution in [2.24, 2.45) is 5.92 Å². The van der Waals surface area contributed by atoms with E-state index in [2.05, 4.69) is 0 Å². The second kappa shape index (κ2) is 9.32. The first-order valence-corrected chi connectivity index (χ1v) is 9.70. The predicted molar refractivity (Wildman–Crippen MR) is 103 cm³/mol. The van der Waals surface area contributed by atoms with Crippen molar-refractivity contribution >= 4 is 5.69 Å².